The van der Waals surface area contributed by atoms with Gasteiger partial charge in [0.2, 0.25) is 0 Å². The number of ether oxygens (including phenoxy) is 1. The second-order valence-corrected chi connectivity index (χ2v) is 5.41. The minimum absolute atomic E-state index is 0.230. The van der Waals surface area contributed by atoms with Crippen LogP contribution in [0.25, 0.3) is 10.2 Å². The van der Waals surface area contributed by atoms with Crippen molar-refractivity contribution in [3.8, 4) is 0 Å². The first-order valence-electron chi connectivity index (χ1n) is 6.05. The van der Waals surface area contributed by atoms with Crippen molar-refractivity contribution in [2.45, 2.75) is 6.10 Å². The fourth-order valence-corrected chi connectivity index (χ4v) is 2.93. The Hall–Kier alpha value is -1.24. The van der Waals surface area contributed by atoms with E-state index in [9.17, 15) is 0 Å². The van der Waals surface area contributed by atoms with Crippen LogP contribution in [0.1, 0.15) is 0 Å². The van der Waals surface area contributed by atoms with E-state index in [1.54, 1.807) is 17.7 Å². The molecule has 1 fully saturated rings. The fraction of sp³-hybridized carbons (Fsp3) is 0.500. The second kappa shape index (κ2) is 5.17. The number of aromatic nitrogens is 2. The molecular weight excluding hydrogens is 248 g/mol. The molecule has 5 nitrogen and oxygen atoms in total. The molecule has 1 aliphatic rings. The van der Waals surface area contributed by atoms with Crippen LogP contribution < -0.4 is 5.32 Å². The van der Waals surface area contributed by atoms with Crippen molar-refractivity contribution in [2.75, 3.05) is 38.6 Å². The van der Waals surface area contributed by atoms with Crippen LogP contribution in [-0.2, 0) is 4.74 Å². The summed E-state index contributed by atoms with van der Waals surface area (Å²) in [4.78, 5) is 10.8. The smallest absolute Gasteiger partial charge is 0.147 e. The largest absolute Gasteiger partial charge is 0.374 e. The van der Waals surface area contributed by atoms with Gasteiger partial charge in [0, 0.05) is 19.6 Å². The summed E-state index contributed by atoms with van der Waals surface area (Å²) < 4.78 is 6.83. The number of anilines is 1. The molecule has 1 atom stereocenters. The number of thiophene rings is 1. The van der Waals surface area contributed by atoms with Gasteiger partial charge in [0.25, 0.3) is 0 Å². The third-order valence-corrected chi connectivity index (χ3v) is 3.99. The van der Waals surface area contributed by atoms with E-state index in [0.29, 0.717) is 0 Å². The Morgan fingerprint density at radius 1 is 1.56 bits per heavy atom. The molecule has 0 aliphatic carbocycles. The van der Waals surface area contributed by atoms with Crippen LogP contribution in [0.3, 0.4) is 0 Å². The maximum atomic E-state index is 5.72. The van der Waals surface area contributed by atoms with Crippen molar-refractivity contribution >= 4 is 27.4 Å². The van der Waals surface area contributed by atoms with Gasteiger partial charge in [-0.2, -0.15) is 0 Å². The highest BCUT2D eigenvalue weighted by Crippen LogP contribution is 2.24. The molecule has 0 aromatic carbocycles. The van der Waals surface area contributed by atoms with E-state index in [2.05, 4.69) is 27.2 Å². The number of hydrogen-bond donors (Lipinski definition) is 1. The Bertz CT molecular complexity index is 530. The highest BCUT2D eigenvalue weighted by Gasteiger charge is 2.17. The zero-order valence-electron chi connectivity index (χ0n) is 10.3. The maximum Gasteiger partial charge on any atom is 0.147 e. The lowest BCUT2D eigenvalue weighted by molar-refractivity contribution is -0.0117. The minimum atomic E-state index is 0.230. The standard InChI is InChI=1S/C12H16N4OS/c1-16-3-4-17-9(7-16)6-13-12-11-10(2-5-18-11)14-8-15-12/h2,5,8-9H,3-4,6-7H2,1H3,(H,13,14,15). The Balaban J connectivity index is 1.67. The summed E-state index contributed by atoms with van der Waals surface area (Å²) in [6, 6.07) is 2.01. The Labute approximate surface area is 110 Å². The van der Waals surface area contributed by atoms with E-state index >= 15 is 0 Å². The molecule has 2 aromatic heterocycles. The van der Waals surface area contributed by atoms with Crippen molar-refractivity contribution in [3.05, 3.63) is 17.8 Å². The molecule has 0 bridgehead atoms. The predicted molar refractivity (Wildman–Crippen MR) is 73.1 cm³/mol. The molecule has 6 heteroatoms. The van der Waals surface area contributed by atoms with E-state index < -0.39 is 0 Å². The summed E-state index contributed by atoms with van der Waals surface area (Å²) in [7, 11) is 2.12. The molecule has 1 saturated heterocycles. The number of rotatable bonds is 3. The van der Waals surface area contributed by atoms with Crippen LogP contribution in [0.2, 0.25) is 0 Å². The molecule has 0 spiro atoms. The topological polar surface area (TPSA) is 50.3 Å². The van der Waals surface area contributed by atoms with E-state index in [0.717, 1.165) is 42.3 Å². The molecule has 1 N–H and O–H groups in total. The van der Waals surface area contributed by atoms with Crippen molar-refractivity contribution in [3.63, 3.8) is 0 Å². The summed E-state index contributed by atoms with van der Waals surface area (Å²) in [6.45, 7) is 3.57. The molecule has 3 rings (SSSR count). The van der Waals surface area contributed by atoms with Crippen LogP contribution in [0.5, 0.6) is 0 Å². The zero-order chi connectivity index (χ0) is 12.4. The van der Waals surface area contributed by atoms with Gasteiger partial charge >= 0.3 is 0 Å². The van der Waals surface area contributed by atoms with Crippen molar-refractivity contribution in [1.82, 2.24) is 14.9 Å². The zero-order valence-corrected chi connectivity index (χ0v) is 11.1. The van der Waals surface area contributed by atoms with Gasteiger partial charge in [-0.1, -0.05) is 0 Å². The van der Waals surface area contributed by atoms with Crippen LogP contribution >= 0.6 is 11.3 Å². The van der Waals surface area contributed by atoms with E-state index in [1.165, 1.54) is 0 Å². The van der Waals surface area contributed by atoms with Gasteiger partial charge in [0.15, 0.2) is 0 Å². The number of hydrogen-bond acceptors (Lipinski definition) is 6. The number of nitrogens with zero attached hydrogens (tertiary/aromatic N) is 3. The maximum absolute atomic E-state index is 5.72. The summed E-state index contributed by atoms with van der Waals surface area (Å²) in [6.07, 6.45) is 1.83. The van der Waals surface area contributed by atoms with Gasteiger partial charge in [-0.05, 0) is 18.5 Å². The molecule has 18 heavy (non-hydrogen) atoms. The van der Waals surface area contributed by atoms with E-state index in [4.69, 9.17) is 4.74 Å². The molecule has 1 unspecified atom stereocenters. The van der Waals surface area contributed by atoms with Gasteiger partial charge < -0.3 is 15.0 Å². The van der Waals surface area contributed by atoms with Crippen LogP contribution in [0.15, 0.2) is 17.8 Å². The summed E-state index contributed by atoms with van der Waals surface area (Å²) in [5.41, 5.74) is 0.999. The molecule has 1 aliphatic heterocycles. The molecule has 3 heterocycles. The first-order valence-corrected chi connectivity index (χ1v) is 6.93. The highest BCUT2D eigenvalue weighted by atomic mass is 32.1. The van der Waals surface area contributed by atoms with Gasteiger partial charge in [-0.3, -0.25) is 0 Å². The van der Waals surface area contributed by atoms with Crippen molar-refractivity contribution in [2.24, 2.45) is 0 Å². The molecule has 96 valence electrons. The number of likely N-dealkylation sites (N-methyl/N-ethyl adjacent to an activating group) is 1. The minimum Gasteiger partial charge on any atom is -0.374 e. The fourth-order valence-electron chi connectivity index (χ4n) is 2.12. The van der Waals surface area contributed by atoms with Crippen molar-refractivity contribution in [1.29, 1.82) is 0 Å². The van der Waals surface area contributed by atoms with E-state index in [1.807, 2.05) is 11.4 Å². The monoisotopic (exact) mass is 264 g/mol. The first kappa shape index (κ1) is 11.8. The second-order valence-electron chi connectivity index (χ2n) is 4.49. The molecule has 0 radical (unpaired) electrons. The van der Waals surface area contributed by atoms with Crippen molar-refractivity contribution < 1.29 is 4.74 Å². The molecule has 0 amide bonds. The molecule has 2 aromatic rings. The molecule has 0 saturated carbocycles. The first-order chi connectivity index (χ1) is 8.83. The van der Waals surface area contributed by atoms with Gasteiger partial charge in [-0.25, -0.2) is 9.97 Å². The van der Waals surface area contributed by atoms with E-state index in [-0.39, 0.29) is 6.10 Å². The number of nitrogens with one attached hydrogen (secondary N) is 1. The summed E-state index contributed by atoms with van der Waals surface area (Å²) >= 11 is 1.66. The van der Waals surface area contributed by atoms with Crippen LogP contribution in [0, 0.1) is 0 Å². The summed E-state index contributed by atoms with van der Waals surface area (Å²) in [5, 5.41) is 5.41. The average Bonchev–Trinajstić information content (AvgIpc) is 2.85. The lowest BCUT2D eigenvalue weighted by Gasteiger charge is -2.30. The predicted octanol–water partition coefficient (Wildman–Crippen LogP) is 1.43. The SMILES string of the molecule is CN1CCOC(CNc2ncnc3ccsc23)C1. The lowest BCUT2D eigenvalue weighted by atomic mass is 10.3. The Morgan fingerprint density at radius 2 is 2.50 bits per heavy atom. The highest BCUT2D eigenvalue weighted by molar-refractivity contribution is 7.17. The average molecular weight is 264 g/mol. The van der Waals surface area contributed by atoms with Gasteiger partial charge in [0.1, 0.15) is 12.1 Å². The van der Waals surface area contributed by atoms with Gasteiger partial charge in [-0.15, -0.1) is 11.3 Å². The van der Waals surface area contributed by atoms with Crippen LogP contribution in [-0.4, -0.2) is 54.3 Å². The van der Waals surface area contributed by atoms with Crippen LogP contribution in [0.4, 0.5) is 5.82 Å². The summed E-state index contributed by atoms with van der Waals surface area (Å²) in [5.74, 6) is 0.909. The number of morpholine rings is 1. The lowest BCUT2D eigenvalue weighted by Crippen LogP contribution is -2.43. The number of fused-ring (bicyclic) bond motifs is 1. The third-order valence-electron chi connectivity index (χ3n) is 3.08. The Kier molecular flexibility index (Phi) is 3.40. The third kappa shape index (κ3) is 2.45. The normalized spacial score (nSPS) is 21.3. The molecular formula is C12H16N4OS. The van der Waals surface area contributed by atoms with Gasteiger partial charge in [0.05, 0.1) is 22.9 Å². The Morgan fingerprint density at radius 3 is 3.39 bits per heavy atom. The quantitative estimate of drug-likeness (QED) is 0.909.